The third-order valence-electron chi connectivity index (χ3n) is 2.76. The standard InChI is InChI=1S/C14H11F3N2O2/c1-21-14(20)8-3-2-4-11(18)13(8)19-7-5-9(15)12(17)10(16)6-7/h2-6,19H,18H2,1H3. The second-order valence-corrected chi connectivity index (χ2v) is 4.14. The zero-order valence-electron chi connectivity index (χ0n) is 10.9. The van der Waals surface area contributed by atoms with Crippen molar-refractivity contribution in [1.29, 1.82) is 0 Å². The van der Waals surface area contributed by atoms with E-state index in [0.717, 1.165) is 12.1 Å². The van der Waals surface area contributed by atoms with Gasteiger partial charge in [-0.05, 0) is 12.1 Å². The summed E-state index contributed by atoms with van der Waals surface area (Å²) in [4.78, 5) is 11.6. The number of para-hydroxylation sites is 1. The van der Waals surface area contributed by atoms with Crippen LogP contribution in [0, 0.1) is 17.5 Å². The first kappa shape index (κ1) is 14.7. The Morgan fingerprint density at radius 1 is 1.19 bits per heavy atom. The summed E-state index contributed by atoms with van der Waals surface area (Å²) in [5.41, 5.74) is 6.02. The SMILES string of the molecule is COC(=O)c1cccc(N)c1Nc1cc(F)c(F)c(F)c1. The van der Waals surface area contributed by atoms with E-state index in [1.165, 1.54) is 25.3 Å². The Hall–Kier alpha value is -2.70. The Labute approximate surface area is 118 Å². The first-order valence-electron chi connectivity index (χ1n) is 5.82. The van der Waals surface area contributed by atoms with E-state index in [0.29, 0.717) is 0 Å². The molecule has 2 rings (SSSR count). The van der Waals surface area contributed by atoms with Crippen molar-refractivity contribution in [2.24, 2.45) is 0 Å². The topological polar surface area (TPSA) is 64.3 Å². The Morgan fingerprint density at radius 3 is 2.38 bits per heavy atom. The van der Waals surface area contributed by atoms with Gasteiger partial charge in [-0.2, -0.15) is 0 Å². The Morgan fingerprint density at radius 2 is 1.81 bits per heavy atom. The first-order chi connectivity index (χ1) is 9.93. The minimum absolute atomic E-state index is 0.0858. The number of halogens is 3. The second-order valence-electron chi connectivity index (χ2n) is 4.14. The average molecular weight is 296 g/mol. The fourth-order valence-corrected chi connectivity index (χ4v) is 1.76. The second kappa shape index (κ2) is 5.74. The van der Waals surface area contributed by atoms with Gasteiger partial charge in [-0.15, -0.1) is 0 Å². The number of carbonyl (C=O) groups excluding carboxylic acids is 1. The van der Waals surface area contributed by atoms with Gasteiger partial charge in [-0.3, -0.25) is 0 Å². The highest BCUT2D eigenvalue weighted by Crippen LogP contribution is 2.29. The Kier molecular flexibility index (Phi) is 4.02. The fraction of sp³-hybridized carbons (Fsp3) is 0.0714. The maximum Gasteiger partial charge on any atom is 0.340 e. The third kappa shape index (κ3) is 2.91. The summed E-state index contributed by atoms with van der Waals surface area (Å²) in [6.07, 6.45) is 0. The van der Waals surface area contributed by atoms with Crippen molar-refractivity contribution in [2.75, 3.05) is 18.2 Å². The number of anilines is 3. The van der Waals surface area contributed by atoms with Gasteiger partial charge >= 0.3 is 5.97 Å². The summed E-state index contributed by atoms with van der Waals surface area (Å²) in [6.45, 7) is 0. The third-order valence-corrected chi connectivity index (χ3v) is 2.76. The smallest absolute Gasteiger partial charge is 0.340 e. The van der Waals surface area contributed by atoms with Gasteiger partial charge in [0.1, 0.15) is 0 Å². The molecular formula is C14H11F3N2O2. The lowest BCUT2D eigenvalue weighted by Gasteiger charge is -2.13. The van der Waals surface area contributed by atoms with Gasteiger partial charge in [-0.1, -0.05) is 6.07 Å². The van der Waals surface area contributed by atoms with Crippen molar-refractivity contribution in [1.82, 2.24) is 0 Å². The van der Waals surface area contributed by atoms with Crippen LogP contribution in [0.1, 0.15) is 10.4 Å². The molecule has 2 aromatic rings. The highest BCUT2D eigenvalue weighted by Gasteiger charge is 2.16. The normalized spacial score (nSPS) is 10.3. The zero-order valence-corrected chi connectivity index (χ0v) is 10.9. The number of esters is 1. The van der Waals surface area contributed by atoms with E-state index >= 15 is 0 Å². The van der Waals surface area contributed by atoms with Crippen LogP contribution in [-0.4, -0.2) is 13.1 Å². The number of nitrogens with two attached hydrogens (primary N) is 1. The maximum absolute atomic E-state index is 13.2. The summed E-state index contributed by atoms with van der Waals surface area (Å²) in [5.74, 6) is -4.96. The monoisotopic (exact) mass is 296 g/mol. The summed E-state index contributed by atoms with van der Waals surface area (Å²) >= 11 is 0. The largest absolute Gasteiger partial charge is 0.465 e. The van der Waals surface area contributed by atoms with E-state index in [4.69, 9.17) is 5.73 Å². The van der Waals surface area contributed by atoms with Crippen LogP contribution in [0.2, 0.25) is 0 Å². The molecule has 0 spiro atoms. The number of benzene rings is 2. The lowest BCUT2D eigenvalue weighted by Crippen LogP contribution is -2.08. The summed E-state index contributed by atoms with van der Waals surface area (Å²) < 4.78 is 43.9. The zero-order chi connectivity index (χ0) is 15.6. The maximum atomic E-state index is 13.2. The summed E-state index contributed by atoms with van der Waals surface area (Å²) in [5, 5.41) is 2.59. The van der Waals surface area contributed by atoms with Gasteiger partial charge in [0.15, 0.2) is 17.5 Å². The number of hydrogen-bond donors (Lipinski definition) is 2. The molecule has 0 aromatic heterocycles. The number of nitrogen functional groups attached to an aromatic ring is 1. The van der Waals surface area contributed by atoms with Crippen molar-refractivity contribution in [3.05, 3.63) is 53.3 Å². The highest BCUT2D eigenvalue weighted by molar-refractivity contribution is 5.99. The van der Waals surface area contributed by atoms with Crippen molar-refractivity contribution < 1.29 is 22.7 Å². The molecule has 110 valence electrons. The van der Waals surface area contributed by atoms with Gasteiger partial charge in [0.25, 0.3) is 0 Å². The predicted molar refractivity (Wildman–Crippen MR) is 71.8 cm³/mol. The van der Waals surface area contributed by atoms with Gasteiger partial charge in [-0.25, -0.2) is 18.0 Å². The molecule has 0 bridgehead atoms. The van der Waals surface area contributed by atoms with Gasteiger partial charge in [0, 0.05) is 17.8 Å². The molecule has 7 heteroatoms. The van der Waals surface area contributed by atoms with Crippen LogP contribution < -0.4 is 11.1 Å². The molecule has 0 unspecified atom stereocenters. The number of nitrogens with one attached hydrogen (secondary N) is 1. The minimum atomic E-state index is -1.57. The molecule has 0 radical (unpaired) electrons. The van der Waals surface area contributed by atoms with Crippen molar-refractivity contribution in [3.8, 4) is 0 Å². The van der Waals surface area contributed by atoms with Crippen LogP contribution in [0.25, 0.3) is 0 Å². The highest BCUT2D eigenvalue weighted by atomic mass is 19.2. The molecule has 0 aliphatic rings. The van der Waals surface area contributed by atoms with E-state index < -0.39 is 23.4 Å². The van der Waals surface area contributed by atoms with Crippen LogP contribution in [0.5, 0.6) is 0 Å². The van der Waals surface area contributed by atoms with Gasteiger partial charge < -0.3 is 15.8 Å². The van der Waals surface area contributed by atoms with E-state index in [1.807, 2.05) is 0 Å². The predicted octanol–water partition coefficient (Wildman–Crippen LogP) is 3.22. The van der Waals surface area contributed by atoms with Crippen molar-refractivity contribution in [2.45, 2.75) is 0 Å². The van der Waals surface area contributed by atoms with Crippen molar-refractivity contribution >= 4 is 23.0 Å². The molecule has 4 nitrogen and oxygen atoms in total. The van der Waals surface area contributed by atoms with E-state index in [9.17, 15) is 18.0 Å². The molecule has 0 heterocycles. The Balaban J connectivity index is 2.47. The van der Waals surface area contributed by atoms with E-state index in [1.54, 1.807) is 0 Å². The molecule has 0 saturated carbocycles. The molecule has 0 saturated heterocycles. The quantitative estimate of drug-likeness (QED) is 0.518. The lowest BCUT2D eigenvalue weighted by molar-refractivity contribution is 0.0602. The van der Waals surface area contributed by atoms with Crippen LogP contribution in [0.4, 0.5) is 30.2 Å². The number of rotatable bonds is 3. The van der Waals surface area contributed by atoms with Crippen LogP contribution in [-0.2, 0) is 4.74 Å². The molecule has 0 aliphatic carbocycles. The number of hydrogen-bond acceptors (Lipinski definition) is 4. The summed E-state index contributed by atoms with van der Waals surface area (Å²) in [6, 6.07) is 5.96. The lowest BCUT2D eigenvalue weighted by atomic mass is 10.1. The van der Waals surface area contributed by atoms with Crippen LogP contribution in [0.15, 0.2) is 30.3 Å². The molecular weight excluding hydrogens is 285 g/mol. The molecule has 21 heavy (non-hydrogen) atoms. The molecule has 0 aliphatic heterocycles. The van der Waals surface area contributed by atoms with E-state index in [2.05, 4.69) is 10.1 Å². The molecule has 2 aromatic carbocycles. The summed E-state index contributed by atoms with van der Waals surface area (Å²) in [7, 11) is 1.19. The first-order valence-corrected chi connectivity index (χ1v) is 5.82. The molecule has 3 N–H and O–H groups in total. The van der Waals surface area contributed by atoms with E-state index in [-0.39, 0.29) is 22.6 Å². The molecule has 0 atom stereocenters. The number of carbonyl (C=O) groups is 1. The van der Waals surface area contributed by atoms with Crippen LogP contribution in [0.3, 0.4) is 0 Å². The number of ether oxygens (including phenoxy) is 1. The Bertz CT molecular complexity index is 682. The van der Waals surface area contributed by atoms with Crippen LogP contribution >= 0.6 is 0 Å². The van der Waals surface area contributed by atoms with Gasteiger partial charge in [0.2, 0.25) is 0 Å². The average Bonchev–Trinajstić information content (AvgIpc) is 2.46. The molecule has 0 fully saturated rings. The number of methoxy groups -OCH3 is 1. The molecule has 0 amide bonds. The fourth-order valence-electron chi connectivity index (χ4n) is 1.76. The van der Waals surface area contributed by atoms with Gasteiger partial charge in [0.05, 0.1) is 24.0 Å². The van der Waals surface area contributed by atoms with Crippen molar-refractivity contribution in [3.63, 3.8) is 0 Å². The minimum Gasteiger partial charge on any atom is -0.465 e.